The van der Waals surface area contributed by atoms with Crippen LogP contribution in [0.15, 0.2) is 48.5 Å². The molecule has 0 atom stereocenters. The van der Waals surface area contributed by atoms with Gasteiger partial charge in [0.25, 0.3) is 5.91 Å². The Morgan fingerprint density at radius 1 is 1.12 bits per heavy atom. The van der Waals surface area contributed by atoms with Crippen LogP contribution in [0.2, 0.25) is 0 Å². The molecule has 1 aliphatic rings. The van der Waals surface area contributed by atoms with E-state index in [0.29, 0.717) is 28.4 Å². The molecule has 7 nitrogen and oxygen atoms in total. The van der Waals surface area contributed by atoms with E-state index in [2.05, 4.69) is 22.7 Å². The van der Waals surface area contributed by atoms with Crippen molar-refractivity contribution in [1.29, 1.82) is 0 Å². The fourth-order valence-electron chi connectivity index (χ4n) is 3.59. The van der Waals surface area contributed by atoms with Crippen molar-refractivity contribution in [2.45, 2.75) is 52.0 Å². The van der Waals surface area contributed by atoms with Crippen molar-refractivity contribution < 1.29 is 14.7 Å². The number of rotatable bonds is 6. The average molecular weight is 433 g/mol. The van der Waals surface area contributed by atoms with E-state index in [0.717, 1.165) is 30.5 Å². The molecule has 0 unspecified atom stereocenters. The molecule has 7 heteroatoms. The summed E-state index contributed by atoms with van der Waals surface area (Å²) in [5.74, 6) is 0.0554. The first kappa shape index (κ1) is 21.6. The number of nitrogens with one attached hydrogen (secondary N) is 2. The second-order valence-electron chi connectivity index (χ2n) is 8.48. The summed E-state index contributed by atoms with van der Waals surface area (Å²) in [5.41, 5.74) is 4.08. The van der Waals surface area contributed by atoms with Gasteiger partial charge in [-0.2, -0.15) is 9.78 Å². The molecule has 2 amide bonds. The summed E-state index contributed by atoms with van der Waals surface area (Å²) < 4.78 is 1.40. The lowest BCUT2D eigenvalue weighted by Gasteiger charge is -2.10. The number of amides is 2. The number of aromatic hydroxyl groups is 1. The highest BCUT2D eigenvalue weighted by atomic mass is 16.3. The molecule has 32 heavy (non-hydrogen) atoms. The minimum atomic E-state index is -0.273. The largest absolute Gasteiger partial charge is 0.507 e. The van der Waals surface area contributed by atoms with Crippen LogP contribution in [-0.2, 0) is 6.42 Å². The summed E-state index contributed by atoms with van der Waals surface area (Å²) in [6.45, 7) is 5.86. The van der Waals surface area contributed by atoms with E-state index in [-0.39, 0.29) is 23.7 Å². The van der Waals surface area contributed by atoms with Gasteiger partial charge >= 0.3 is 6.03 Å². The smallest absolute Gasteiger partial charge is 0.342 e. The van der Waals surface area contributed by atoms with Crippen LogP contribution in [0.4, 0.5) is 10.5 Å². The average Bonchev–Trinajstić information content (AvgIpc) is 3.52. The van der Waals surface area contributed by atoms with Crippen LogP contribution in [0.1, 0.15) is 61.1 Å². The summed E-state index contributed by atoms with van der Waals surface area (Å²) in [5, 5.41) is 20.8. The molecule has 3 N–H and O–H groups in total. The van der Waals surface area contributed by atoms with Crippen LogP contribution in [0, 0.1) is 0 Å². The molecule has 0 saturated heterocycles. The van der Waals surface area contributed by atoms with E-state index in [4.69, 9.17) is 0 Å². The normalized spacial score (nSPS) is 13.2. The van der Waals surface area contributed by atoms with Crippen molar-refractivity contribution in [2.24, 2.45) is 0 Å². The quantitative estimate of drug-likeness (QED) is 0.515. The summed E-state index contributed by atoms with van der Waals surface area (Å²) in [4.78, 5) is 25.1. The molecule has 0 bridgehead atoms. The molecule has 3 aromatic rings. The first-order valence-electron chi connectivity index (χ1n) is 11.0. The molecule has 1 heterocycles. The fraction of sp³-hybridized carbons (Fsp3) is 0.320. The molecule has 0 aliphatic heterocycles. The summed E-state index contributed by atoms with van der Waals surface area (Å²) >= 11 is 0. The predicted octanol–water partition coefficient (Wildman–Crippen LogP) is 4.91. The van der Waals surface area contributed by atoms with Crippen LogP contribution >= 0.6 is 0 Å². The Kier molecular flexibility index (Phi) is 5.99. The van der Waals surface area contributed by atoms with Crippen molar-refractivity contribution in [3.05, 3.63) is 65.4 Å². The molecule has 1 aromatic heterocycles. The van der Waals surface area contributed by atoms with E-state index in [1.54, 1.807) is 24.3 Å². The molecule has 1 saturated carbocycles. The molecule has 1 fully saturated rings. The number of carbonyl (C=O) groups is 2. The Morgan fingerprint density at radius 2 is 1.84 bits per heavy atom. The minimum absolute atomic E-state index is 0.00308. The van der Waals surface area contributed by atoms with E-state index in [1.165, 1.54) is 10.7 Å². The summed E-state index contributed by atoms with van der Waals surface area (Å²) in [6, 6.07) is 13.9. The van der Waals surface area contributed by atoms with E-state index >= 15 is 0 Å². The number of aryl methyl sites for hydroxylation is 1. The second-order valence-corrected chi connectivity index (χ2v) is 8.48. The lowest BCUT2D eigenvalue weighted by atomic mass is 10.1. The Hall–Kier alpha value is -3.61. The van der Waals surface area contributed by atoms with Crippen molar-refractivity contribution >= 4 is 17.6 Å². The van der Waals surface area contributed by atoms with Gasteiger partial charge in [0.1, 0.15) is 5.75 Å². The number of nitrogens with zero attached hydrogens (tertiary/aromatic N) is 2. The van der Waals surface area contributed by atoms with Crippen LogP contribution in [0.25, 0.3) is 11.3 Å². The van der Waals surface area contributed by atoms with Crippen LogP contribution < -0.4 is 10.6 Å². The van der Waals surface area contributed by atoms with Gasteiger partial charge in [-0.15, -0.1) is 0 Å². The van der Waals surface area contributed by atoms with Gasteiger partial charge in [0.05, 0.1) is 11.4 Å². The lowest BCUT2D eigenvalue weighted by molar-refractivity contribution is 0.102. The third kappa shape index (κ3) is 4.66. The maximum absolute atomic E-state index is 12.6. The third-order valence-corrected chi connectivity index (χ3v) is 5.49. The summed E-state index contributed by atoms with van der Waals surface area (Å²) in [7, 11) is 0. The number of hydrogen-bond donors (Lipinski definition) is 3. The van der Waals surface area contributed by atoms with Crippen molar-refractivity contribution in [2.75, 3.05) is 5.32 Å². The second kappa shape index (κ2) is 8.86. The first-order valence-corrected chi connectivity index (χ1v) is 11.0. The maximum atomic E-state index is 12.6. The monoisotopic (exact) mass is 432 g/mol. The molecular weight excluding hydrogens is 404 g/mol. The first-order chi connectivity index (χ1) is 15.4. The molecule has 2 aromatic carbocycles. The van der Waals surface area contributed by atoms with Gasteiger partial charge < -0.3 is 15.7 Å². The van der Waals surface area contributed by atoms with E-state index in [1.807, 2.05) is 32.0 Å². The van der Waals surface area contributed by atoms with E-state index in [9.17, 15) is 14.7 Å². The zero-order valence-electron chi connectivity index (χ0n) is 18.6. The molecular formula is C25H28N4O3. The molecule has 0 radical (unpaired) electrons. The van der Waals surface area contributed by atoms with Gasteiger partial charge in [0.15, 0.2) is 0 Å². The maximum Gasteiger partial charge on any atom is 0.342 e. The number of hydrogen-bond acceptors (Lipinski definition) is 4. The van der Waals surface area contributed by atoms with Crippen molar-refractivity contribution in [3.63, 3.8) is 0 Å². The number of aromatic nitrogens is 2. The number of phenols is 1. The van der Waals surface area contributed by atoms with E-state index < -0.39 is 0 Å². The third-order valence-electron chi connectivity index (χ3n) is 5.49. The van der Waals surface area contributed by atoms with Gasteiger partial charge in [-0.05, 0) is 69.0 Å². The number of anilines is 1. The Bertz CT molecular complexity index is 1140. The molecule has 0 spiro atoms. The highest BCUT2D eigenvalue weighted by Crippen LogP contribution is 2.42. The SMILES string of the molecule is CCc1ccc(C(=O)Nc2ccc(-c3cc(C4CC4)n(C(=O)NC(C)C)n3)c(O)c2)cc1. The Morgan fingerprint density at radius 3 is 2.44 bits per heavy atom. The standard InChI is InChI=1S/C25H28N4O3/c1-4-16-5-7-18(8-6-16)24(31)27-19-11-12-20(23(30)13-19)21-14-22(17-9-10-17)29(28-21)25(32)26-15(2)3/h5-8,11-15,17,30H,4,9-10H2,1-3H3,(H,26,32)(H,27,31). The number of carbonyl (C=O) groups excluding carboxylic acids is 2. The highest BCUT2D eigenvalue weighted by molar-refractivity contribution is 6.04. The van der Waals surface area contributed by atoms with Crippen LogP contribution in [0.5, 0.6) is 5.75 Å². The van der Waals surface area contributed by atoms with Gasteiger partial charge in [-0.25, -0.2) is 4.79 Å². The summed E-state index contributed by atoms with van der Waals surface area (Å²) in [6.07, 6.45) is 2.96. The predicted molar refractivity (Wildman–Crippen MR) is 124 cm³/mol. The van der Waals surface area contributed by atoms with Crippen molar-refractivity contribution in [1.82, 2.24) is 15.1 Å². The Balaban J connectivity index is 1.55. The van der Waals surface area contributed by atoms with Crippen LogP contribution in [0.3, 0.4) is 0 Å². The van der Waals surface area contributed by atoms with Crippen molar-refractivity contribution in [3.8, 4) is 17.0 Å². The Labute approximate surface area is 187 Å². The topological polar surface area (TPSA) is 96.3 Å². The van der Waals surface area contributed by atoms with Gasteiger partial charge in [0, 0.05) is 34.8 Å². The van der Waals surface area contributed by atoms with Gasteiger partial charge in [-0.3, -0.25) is 4.79 Å². The van der Waals surface area contributed by atoms with Gasteiger partial charge in [-0.1, -0.05) is 19.1 Å². The lowest BCUT2D eigenvalue weighted by Crippen LogP contribution is -2.35. The number of phenolic OH excluding ortho intramolecular Hbond substituents is 1. The fourth-order valence-corrected chi connectivity index (χ4v) is 3.59. The van der Waals surface area contributed by atoms with Crippen LogP contribution in [-0.4, -0.2) is 32.9 Å². The molecule has 166 valence electrons. The number of benzene rings is 2. The molecule has 4 rings (SSSR count). The minimum Gasteiger partial charge on any atom is -0.507 e. The van der Waals surface area contributed by atoms with Gasteiger partial charge in [0.2, 0.25) is 0 Å². The zero-order valence-corrected chi connectivity index (χ0v) is 18.6. The zero-order chi connectivity index (χ0) is 22.8. The highest BCUT2D eigenvalue weighted by Gasteiger charge is 2.31. The molecule has 1 aliphatic carbocycles.